The number of rotatable bonds is 4. The number of nitrogens with two attached hydrogens (primary N) is 1. The van der Waals surface area contributed by atoms with Gasteiger partial charge in [0.25, 0.3) is 0 Å². The Balaban J connectivity index is 0.00000180. The summed E-state index contributed by atoms with van der Waals surface area (Å²) in [5, 5.41) is 1.20. The van der Waals surface area contributed by atoms with Crippen LogP contribution >= 0.6 is 35.6 Å². The Morgan fingerprint density at radius 2 is 1.95 bits per heavy atom. The van der Waals surface area contributed by atoms with Crippen LogP contribution in [0.3, 0.4) is 0 Å². The maximum Gasteiger partial charge on any atom is 0.135 e. The second kappa shape index (κ2) is 7.20. The van der Waals surface area contributed by atoms with Gasteiger partial charge in [-0.15, -0.1) is 12.4 Å². The van der Waals surface area contributed by atoms with Crippen LogP contribution in [0.5, 0.6) is 0 Å². The standard InChI is InChI=1S/C14H15Cl2NO.ClH/c1-2-10(17)8-11-4-6-14(18-11)12-5-3-9(15)7-13(12)16;/h3-7,10H,2,8,17H2,1H3;1H. The highest BCUT2D eigenvalue weighted by Gasteiger charge is 2.10. The van der Waals surface area contributed by atoms with E-state index in [0.717, 1.165) is 29.9 Å². The summed E-state index contributed by atoms with van der Waals surface area (Å²) in [6.45, 7) is 2.06. The molecule has 0 fully saturated rings. The summed E-state index contributed by atoms with van der Waals surface area (Å²) in [6.07, 6.45) is 1.67. The minimum absolute atomic E-state index is 0. The Kier molecular flexibility index (Phi) is 6.21. The lowest BCUT2D eigenvalue weighted by Gasteiger charge is -2.05. The Morgan fingerprint density at radius 1 is 1.21 bits per heavy atom. The first-order chi connectivity index (χ1) is 8.60. The zero-order valence-corrected chi connectivity index (χ0v) is 12.9. The molecule has 0 spiro atoms. The van der Waals surface area contributed by atoms with E-state index in [1.165, 1.54) is 0 Å². The monoisotopic (exact) mass is 319 g/mol. The maximum atomic E-state index is 6.14. The van der Waals surface area contributed by atoms with Crippen LogP contribution in [0.4, 0.5) is 0 Å². The van der Waals surface area contributed by atoms with E-state index in [0.29, 0.717) is 10.0 Å². The van der Waals surface area contributed by atoms with Gasteiger partial charge in [0.05, 0.1) is 5.02 Å². The Labute approximate surface area is 129 Å². The molecule has 0 saturated heterocycles. The molecule has 19 heavy (non-hydrogen) atoms. The van der Waals surface area contributed by atoms with Gasteiger partial charge in [-0.3, -0.25) is 0 Å². The van der Waals surface area contributed by atoms with Gasteiger partial charge in [-0.05, 0) is 36.8 Å². The van der Waals surface area contributed by atoms with Gasteiger partial charge in [-0.25, -0.2) is 0 Å². The smallest absolute Gasteiger partial charge is 0.135 e. The van der Waals surface area contributed by atoms with Gasteiger partial charge in [-0.1, -0.05) is 30.1 Å². The molecular weight excluding hydrogens is 305 g/mol. The summed E-state index contributed by atoms with van der Waals surface area (Å²) in [7, 11) is 0. The number of benzene rings is 1. The van der Waals surface area contributed by atoms with Gasteiger partial charge in [0.1, 0.15) is 11.5 Å². The van der Waals surface area contributed by atoms with Crippen molar-refractivity contribution in [2.75, 3.05) is 0 Å². The van der Waals surface area contributed by atoms with Crippen LogP contribution in [-0.4, -0.2) is 6.04 Å². The highest BCUT2D eigenvalue weighted by molar-refractivity contribution is 6.36. The molecule has 1 aromatic carbocycles. The van der Waals surface area contributed by atoms with E-state index >= 15 is 0 Å². The summed E-state index contributed by atoms with van der Waals surface area (Å²) in [6, 6.07) is 9.33. The predicted molar refractivity (Wildman–Crippen MR) is 83.4 cm³/mol. The third-order valence-electron chi connectivity index (χ3n) is 2.85. The van der Waals surface area contributed by atoms with Gasteiger partial charge in [0, 0.05) is 23.0 Å². The van der Waals surface area contributed by atoms with Crippen molar-refractivity contribution >= 4 is 35.6 Å². The molecule has 0 amide bonds. The molecule has 104 valence electrons. The first kappa shape index (κ1) is 16.4. The van der Waals surface area contributed by atoms with Gasteiger partial charge < -0.3 is 10.2 Å². The molecule has 0 aliphatic rings. The minimum Gasteiger partial charge on any atom is -0.461 e. The Bertz CT molecular complexity index is 539. The molecule has 1 heterocycles. The van der Waals surface area contributed by atoms with Gasteiger partial charge in [-0.2, -0.15) is 0 Å². The molecule has 2 rings (SSSR count). The zero-order chi connectivity index (χ0) is 13.1. The summed E-state index contributed by atoms with van der Waals surface area (Å²) in [5.41, 5.74) is 6.74. The summed E-state index contributed by atoms with van der Waals surface area (Å²) >= 11 is 12.0. The molecule has 2 aromatic rings. The molecule has 2 nitrogen and oxygen atoms in total. The zero-order valence-electron chi connectivity index (χ0n) is 10.5. The minimum atomic E-state index is 0. The largest absolute Gasteiger partial charge is 0.461 e. The van der Waals surface area contributed by atoms with E-state index in [9.17, 15) is 0 Å². The fraction of sp³-hybridized carbons (Fsp3) is 0.286. The van der Waals surface area contributed by atoms with Crippen molar-refractivity contribution in [1.29, 1.82) is 0 Å². The lowest BCUT2D eigenvalue weighted by atomic mass is 10.1. The van der Waals surface area contributed by atoms with Gasteiger partial charge >= 0.3 is 0 Å². The van der Waals surface area contributed by atoms with E-state index in [-0.39, 0.29) is 18.4 Å². The fourth-order valence-electron chi connectivity index (χ4n) is 1.72. The number of hydrogen-bond acceptors (Lipinski definition) is 2. The van der Waals surface area contributed by atoms with Crippen LogP contribution in [0.15, 0.2) is 34.7 Å². The van der Waals surface area contributed by atoms with Crippen LogP contribution in [0.2, 0.25) is 10.0 Å². The third kappa shape index (κ3) is 4.15. The Hall–Kier alpha value is -0.670. The lowest BCUT2D eigenvalue weighted by molar-refractivity contribution is 0.490. The molecule has 1 unspecified atom stereocenters. The van der Waals surface area contributed by atoms with Crippen LogP contribution < -0.4 is 5.73 Å². The third-order valence-corrected chi connectivity index (χ3v) is 3.39. The topological polar surface area (TPSA) is 39.2 Å². The molecule has 2 N–H and O–H groups in total. The average molecular weight is 321 g/mol. The van der Waals surface area contributed by atoms with E-state index < -0.39 is 0 Å². The quantitative estimate of drug-likeness (QED) is 0.865. The highest BCUT2D eigenvalue weighted by Crippen LogP contribution is 2.31. The molecule has 5 heteroatoms. The normalized spacial score (nSPS) is 12.0. The molecular formula is C14H16Cl3NO. The van der Waals surface area contributed by atoms with E-state index in [2.05, 4.69) is 6.92 Å². The summed E-state index contributed by atoms with van der Waals surface area (Å²) < 4.78 is 5.76. The van der Waals surface area contributed by atoms with Crippen molar-refractivity contribution in [1.82, 2.24) is 0 Å². The van der Waals surface area contributed by atoms with Crippen LogP contribution in [0.1, 0.15) is 19.1 Å². The average Bonchev–Trinajstić information content (AvgIpc) is 2.77. The molecule has 0 saturated carbocycles. The first-order valence-corrected chi connectivity index (χ1v) is 6.65. The first-order valence-electron chi connectivity index (χ1n) is 5.90. The molecule has 0 bridgehead atoms. The van der Waals surface area contributed by atoms with Gasteiger partial charge in [0.2, 0.25) is 0 Å². The van der Waals surface area contributed by atoms with Crippen molar-refractivity contribution in [3.63, 3.8) is 0 Å². The van der Waals surface area contributed by atoms with Crippen molar-refractivity contribution in [3.05, 3.63) is 46.1 Å². The van der Waals surface area contributed by atoms with Gasteiger partial charge in [0.15, 0.2) is 0 Å². The van der Waals surface area contributed by atoms with Crippen LogP contribution in [0, 0.1) is 0 Å². The molecule has 1 aromatic heterocycles. The van der Waals surface area contributed by atoms with Crippen LogP contribution in [0.25, 0.3) is 11.3 Å². The highest BCUT2D eigenvalue weighted by atomic mass is 35.5. The van der Waals surface area contributed by atoms with Crippen molar-refractivity contribution in [2.24, 2.45) is 5.73 Å². The number of hydrogen-bond donors (Lipinski definition) is 1. The summed E-state index contributed by atoms with van der Waals surface area (Å²) in [4.78, 5) is 0. The maximum absolute atomic E-state index is 6.14. The van der Waals surface area contributed by atoms with Crippen molar-refractivity contribution in [2.45, 2.75) is 25.8 Å². The SMILES string of the molecule is CCC(N)Cc1ccc(-c2ccc(Cl)cc2Cl)o1.Cl. The second-order valence-electron chi connectivity index (χ2n) is 4.26. The van der Waals surface area contributed by atoms with E-state index in [1.54, 1.807) is 12.1 Å². The van der Waals surface area contributed by atoms with E-state index in [1.807, 2.05) is 18.2 Å². The fourth-order valence-corrected chi connectivity index (χ4v) is 2.23. The van der Waals surface area contributed by atoms with Crippen molar-refractivity contribution in [3.8, 4) is 11.3 Å². The number of halogens is 3. The van der Waals surface area contributed by atoms with Crippen LogP contribution in [-0.2, 0) is 6.42 Å². The summed E-state index contributed by atoms with van der Waals surface area (Å²) in [5.74, 6) is 1.63. The molecule has 0 radical (unpaired) electrons. The van der Waals surface area contributed by atoms with E-state index in [4.69, 9.17) is 33.4 Å². The predicted octanol–water partition coefficient (Wildman–Crippen LogP) is 4.96. The second-order valence-corrected chi connectivity index (χ2v) is 5.11. The number of furan rings is 1. The Morgan fingerprint density at radius 3 is 2.58 bits per heavy atom. The molecule has 0 aliphatic heterocycles. The van der Waals surface area contributed by atoms with Crippen molar-refractivity contribution < 1.29 is 4.42 Å². The lowest BCUT2D eigenvalue weighted by Crippen LogP contribution is -2.20. The molecule has 1 atom stereocenters. The molecule has 0 aliphatic carbocycles.